The smallest absolute Gasteiger partial charge is 0.224 e. The fraction of sp³-hybridized carbons (Fsp3) is 0.923. The van der Waals surface area contributed by atoms with Gasteiger partial charge in [-0.3, -0.25) is 4.79 Å². The van der Waals surface area contributed by atoms with Crippen LogP contribution in [0.25, 0.3) is 0 Å². The fourth-order valence-electron chi connectivity index (χ4n) is 3.02. The van der Waals surface area contributed by atoms with Gasteiger partial charge in [-0.15, -0.1) is 12.4 Å². The van der Waals surface area contributed by atoms with Crippen molar-refractivity contribution in [3.05, 3.63) is 0 Å². The van der Waals surface area contributed by atoms with Gasteiger partial charge in [0.25, 0.3) is 0 Å². The average molecular weight is 261 g/mol. The molecule has 3 nitrogen and oxygen atoms in total. The SMILES string of the molecule is CC1(C)C(C(=O)NCC2(N)CCC2)C1(C)C.Cl. The molecule has 0 aromatic rings. The van der Waals surface area contributed by atoms with Crippen molar-refractivity contribution in [3.8, 4) is 0 Å². The molecule has 2 rings (SSSR count). The highest BCUT2D eigenvalue weighted by atomic mass is 35.5. The molecule has 4 heteroatoms. The maximum atomic E-state index is 12.1. The van der Waals surface area contributed by atoms with Crippen molar-refractivity contribution < 1.29 is 4.79 Å². The van der Waals surface area contributed by atoms with E-state index in [0.717, 1.165) is 12.8 Å². The molecule has 2 saturated carbocycles. The minimum Gasteiger partial charge on any atom is -0.354 e. The predicted octanol–water partition coefficient (Wildman–Crippen LogP) is 2.09. The summed E-state index contributed by atoms with van der Waals surface area (Å²) in [5, 5.41) is 3.03. The van der Waals surface area contributed by atoms with Gasteiger partial charge in [0.2, 0.25) is 5.91 Å². The second-order valence-electron chi connectivity index (χ2n) is 6.81. The number of carbonyl (C=O) groups excluding carboxylic acids is 1. The van der Waals surface area contributed by atoms with E-state index in [1.165, 1.54) is 6.42 Å². The summed E-state index contributed by atoms with van der Waals surface area (Å²) in [5.41, 5.74) is 6.23. The zero-order valence-electron chi connectivity index (χ0n) is 11.3. The van der Waals surface area contributed by atoms with Gasteiger partial charge in [-0.1, -0.05) is 27.7 Å². The lowest BCUT2D eigenvalue weighted by molar-refractivity contribution is -0.123. The van der Waals surface area contributed by atoms with E-state index in [4.69, 9.17) is 5.73 Å². The Kier molecular flexibility index (Phi) is 3.59. The molecule has 2 aliphatic rings. The van der Waals surface area contributed by atoms with Crippen LogP contribution in [0.15, 0.2) is 0 Å². The minimum absolute atomic E-state index is 0. The monoisotopic (exact) mass is 260 g/mol. The van der Waals surface area contributed by atoms with Crippen LogP contribution in [0, 0.1) is 16.7 Å². The molecule has 0 unspecified atom stereocenters. The molecule has 0 saturated heterocycles. The van der Waals surface area contributed by atoms with Crippen molar-refractivity contribution in [2.45, 2.75) is 52.5 Å². The van der Waals surface area contributed by atoms with Crippen LogP contribution in [0.1, 0.15) is 47.0 Å². The number of hydrogen-bond acceptors (Lipinski definition) is 2. The average Bonchev–Trinajstić information content (AvgIpc) is 2.51. The summed E-state index contributed by atoms with van der Waals surface area (Å²) in [6.07, 6.45) is 3.29. The first kappa shape index (κ1) is 14.8. The van der Waals surface area contributed by atoms with Crippen LogP contribution in [0.2, 0.25) is 0 Å². The molecule has 1 amide bonds. The van der Waals surface area contributed by atoms with Crippen molar-refractivity contribution in [3.63, 3.8) is 0 Å². The maximum absolute atomic E-state index is 12.1. The molecule has 0 spiro atoms. The van der Waals surface area contributed by atoms with Crippen molar-refractivity contribution in [2.75, 3.05) is 6.54 Å². The lowest BCUT2D eigenvalue weighted by Crippen LogP contribution is -2.55. The molecular weight excluding hydrogens is 236 g/mol. The first-order chi connectivity index (χ1) is 7.21. The molecule has 0 aliphatic heterocycles. The lowest BCUT2D eigenvalue weighted by atomic mass is 9.78. The fourth-order valence-corrected chi connectivity index (χ4v) is 3.02. The molecular formula is C13H25ClN2O. The Morgan fingerprint density at radius 2 is 1.71 bits per heavy atom. The van der Waals surface area contributed by atoms with E-state index >= 15 is 0 Å². The summed E-state index contributed by atoms with van der Waals surface area (Å²) in [6.45, 7) is 9.31. The van der Waals surface area contributed by atoms with Crippen molar-refractivity contribution in [2.24, 2.45) is 22.5 Å². The van der Waals surface area contributed by atoms with E-state index in [0.29, 0.717) is 6.54 Å². The van der Waals surface area contributed by atoms with E-state index in [-0.39, 0.29) is 40.6 Å². The second-order valence-corrected chi connectivity index (χ2v) is 6.81. The standard InChI is InChI=1S/C13H24N2O.ClH/c1-11(2)9(12(11,3)4)10(16)15-8-13(14)6-5-7-13;/h9H,5-8,14H2,1-4H3,(H,15,16);1H. The molecule has 2 fully saturated rings. The predicted molar refractivity (Wildman–Crippen MR) is 72.1 cm³/mol. The molecule has 0 atom stereocenters. The van der Waals surface area contributed by atoms with Crippen LogP contribution in [0.4, 0.5) is 0 Å². The van der Waals surface area contributed by atoms with Crippen LogP contribution < -0.4 is 11.1 Å². The topological polar surface area (TPSA) is 55.1 Å². The Hall–Kier alpha value is -0.280. The van der Waals surface area contributed by atoms with Crippen molar-refractivity contribution >= 4 is 18.3 Å². The van der Waals surface area contributed by atoms with Crippen LogP contribution in [-0.2, 0) is 4.79 Å². The third kappa shape index (κ3) is 2.19. The van der Waals surface area contributed by atoms with Gasteiger partial charge >= 0.3 is 0 Å². The quantitative estimate of drug-likeness (QED) is 0.817. The Balaban J connectivity index is 0.00000144. The third-order valence-corrected chi connectivity index (χ3v) is 5.25. The van der Waals surface area contributed by atoms with Gasteiger partial charge in [-0.2, -0.15) is 0 Å². The lowest BCUT2D eigenvalue weighted by Gasteiger charge is -2.38. The largest absolute Gasteiger partial charge is 0.354 e. The number of amides is 1. The normalized spacial score (nSPS) is 27.6. The first-order valence-electron chi connectivity index (χ1n) is 6.27. The van der Waals surface area contributed by atoms with Gasteiger partial charge in [0, 0.05) is 18.0 Å². The summed E-state index contributed by atoms with van der Waals surface area (Å²) < 4.78 is 0. The molecule has 17 heavy (non-hydrogen) atoms. The van der Waals surface area contributed by atoms with E-state index in [2.05, 4.69) is 33.0 Å². The molecule has 0 aromatic heterocycles. The zero-order chi connectivity index (χ0) is 12.2. The molecule has 3 N–H and O–H groups in total. The summed E-state index contributed by atoms with van der Waals surface area (Å²) >= 11 is 0. The van der Waals surface area contributed by atoms with Crippen LogP contribution >= 0.6 is 12.4 Å². The van der Waals surface area contributed by atoms with Gasteiger partial charge in [-0.25, -0.2) is 0 Å². The van der Waals surface area contributed by atoms with Crippen LogP contribution in [0.5, 0.6) is 0 Å². The summed E-state index contributed by atoms with van der Waals surface area (Å²) in [4.78, 5) is 12.1. The molecule has 0 bridgehead atoms. The van der Waals surface area contributed by atoms with E-state index < -0.39 is 0 Å². The van der Waals surface area contributed by atoms with Crippen LogP contribution in [0.3, 0.4) is 0 Å². The third-order valence-electron chi connectivity index (χ3n) is 5.25. The maximum Gasteiger partial charge on any atom is 0.224 e. The van der Waals surface area contributed by atoms with E-state index in [9.17, 15) is 4.79 Å². The second kappa shape index (κ2) is 4.13. The first-order valence-corrected chi connectivity index (χ1v) is 6.27. The summed E-state index contributed by atoms with van der Waals surface area (Å²) in [7, 11) is 0. The number of carbonyl (C=O) groups is 1. The summed E-state index contributed by atoms with van der Waals surface area (Å²) in [6, 6.07) is 0. The zero-order valence-corrected chi connectivity index (χ0v) is 12.1. The highest BCUT2D eigenvalue weighted by molar-refractivity contribution is 5.85. The summed E-state index contributed by atoms with van der Waals surface area (Å²) in [5.74, 6) is 0.329. The number of hydrogen-bond donors (Lipinski definition) is 2. The van der Waals surface area contributed by atoms with Gasteiger partial charge in [-0.05, 0) is 30.1 Å². The molecule has 2 aliphatic carbocycles. The number of rotatable bonds is 3. The number of nitrogens with one attached hydrogen (secondary N) is 1. The number of halogens is 1. The molecule has 100 valence electrons. The molecule has 0 radical (unpaired) electrons. The highest BCUT2D eigenvalue weighted by Crippen LogP contribution is 2.68. The highest BCUT2D eigenvalue weighted by Gasteiger charge is 2.68. The van der Waals surface area contributed by atoms with E-state index in [1.54, 1.807) is 0 Å². The Morgan fingerprint density at radius 3 is 2.00 bits per heavy atom. The molecule has 0 aromatic carbocycles. The van der Waals surface area contributed by atoms with Crippen molar-refractivity contribution in [1.29, 1.82) is 0 Å². The number of nitrogens with two attached hydrogens (primary N) is 1. The van der Waals surface area contributed by atoms with E-state index in [1.807, 2.05) is 0 Å². The Morgan fingerprint density at radius 1 is 1.24 bits per heavy atom. The van der Waals surface area contributed by atoms with Gasteiger partial charge in [0.15, 0.2) is 0 Å². The van der Waals surface area contributed by atoms with Gasteiger partial charge in [0.1, 0.15) is 0 Å². The Labute approximate surface area is 110 Å². The van der Waals surface area contributed by atoms with Gasteiger partial charge < -0.3 is 11.1 Å². The van der Waals surface area contributed by atoms with Gasteiger partial charge in [0.05, 0.1) is 0 Å². The molecule has 0 heterocycles. The van der Waals surface area contributed by atoms with Crippen molar-refractivity contribution in [1.82, 2.24) is 5.32 Å². The Bertz CT molecular complexity index is 307. The minimum atomic E-state index is -0.112. The van der Waals surface area contributed by atoms with Crippen LogP contribution in [-0.4, -0.2) is 18.0 Å².